The van der Waals surface area contributed by atoms with Gasteiger partial charge in [0.25, 0.3) is 0 Å². The molecule has 1 atom stereocenters. The van der Waals surface area contributed by atoms with Gasteiger partial charge in [-0.15, -0.1) is 0 Å². The number of nitrogens with zero attached hydrogens (tertiary/aromatic N) is 1. The Labute approximate surface area is 135 Å². The number of amides is 1. The van der Waals surface area contributed by atoms with E-state index in [1.807, 2.05) is 0 Å². The quantitative estimate of drug-likeness (QED) is 0.826. The van der Waals surface area contributed by atoms with Crippen molar-refractivity contribution in [3.8, 4) is 0 Å². The van der Waals surface area contributed by atoms with Crippen molar-refractivity contribution in [2.75, 3.05) is 26.2 Å². The van der Waals surface area contributed by atoms with Crippen LogP contribution in [0.2, 0.25) is 5.02 Å². The van der Waals surface area contributed by atoms with E-state index in [2.05, 4.69) is 5.32 Å². The largest absolute Gasteiger partial charge is 0.355 e. The molecule has 1 aromatic carbocycles. The van der Waals surface area contributed by atoms with E-state index in [4.69, 9.17) is 17.3 Å². The van der Waals surface area contributed by atoms with Crippen molar-refractivity contribution in [3.63, 3.8) is 0 Å². The number of sulfonamides is 1. The summed E-state index contributed by atoms with van der Waals surface area (Å²) in [4.78, 5) is 12.2. The number of benzene rings is 1. The lowest BCUT2D eigenvalue weighted by Crippen LogP contribution is -2.46. The SMILES string of the molecule is NCCNC(=O)C1CCCN(S(=O)(=O)c2cccc(Cl)c2)C1. The first-order valence-electron chi connectivity index (χ1n) is 7.18. The molecule has 3 N–H and O–H groups in total. The van der Waals surface area contributed by atoms with Crippen LogP contribution in [0.15, 0.2) is 29.2 Å². The molecule has 1 amide bonds. The molecule has 22 heavy (non-hydrogen) atoms. The number of carbonyl (C=O) groups excluding carboxylic acids is 1. The molecule has 6 nitrogen and oxygen atoms in total. The third-order valence-corrected chi connectivity index (χ3v) is 5.73. The fourth-order valence-corrected chi connectivity index (χ4v) is 4.32. The third-order valence-electron chi connectivity index (χ3n) is 3.63. The molecule has 1 saturated heterocycles. The highest BCUT2D eigenvalue weighted by atomic mass is 35.5. The van der Waals surface area contributed by atoms with Crippen molar-refractivity contribution in [2.45, 2.75) is 17.7 Å². The molecule has 0 spiro atoms. The van der Waals surface area contributed by atoms with Crippen LogP contribution in [0.1, 0.15) is 12.8 Å². The first-order valence-corrected chi connectivity index (χ1v) is 9.00. The number of carbonyl (C=O) groups is 1. The molecule has 1 aromatic rings. The van der Waals surface area contributed by atoms with E-state index in [0.717, 1.165) is 0 Å². The highest BCUT2D eigenvalue weighted by molar-refractivity contribution is 7.89. The number of hydrogen-bond acceptors (Lipinski definition) is 4. The summed E-state index contributed by atoms with van der Waals surface area (Å²) in [5.74, 6) is -0.481. The fourth-order valence-electron chi connectivity index (χ4n) is 2.49. The van der Waals surface area contributed by atoms with Gasteiger partial charge in [-0.3, -0.25) is 4.79 Å². The standard InChI is InChI=1S/C14H20ClN3O3S/c15-12-4-1-5-13(9-12)22(20,21)18-8-2-3-11(10-18)14(19)17-7-6-16/h1,4-5,9,11H,2-3,6-8,10,16H2,(H,17,19). The lowest BCUT2D eigenvalue weighted by molar-refractivity contribution is -0.126. The Morgan fingerprint density at radius 2 is 2.23 bits per heavy atom. The van der Waals surface area contributed by atoms with Crippen molar-refractivity contribution >= 4 is 27.5 Å². The summed E-state index contributed by atoms with van der Waals surface area (Å²) >= 11 is 5.87. The molecule has 0 saturated carbocycles. The van der Waals surface area contributed by atoms with Crippen LogP contribution in [-0.4, -0.2) is 44.8 Å². The first-order chi connectivity index (χ1) is 10.4. The van der Waals surface area contributed by atoms with Gasteiger partial charge in [-0.05, 0) is 31.0 Å². The van der Waals surface area contributed by atoms with Crippen LogP contribution in [0.5, 0.6) is 0 Å². The maximum absolute atomic E-state index is 12.6. The minimum Gasteiger partial charge on any atom is -0.355 e. The monoisotopic (exact) mass is 345 g/mol. The maximum Gasteiger partial charge on any atom is 0.243 e. The molecule has 0 aliphatic carbocycles. The topological polar surface area (TPSA) is 92.5 Å². The van der Waals surface area contributed by atoms with Crippen molar-refractivity contribution in [2.24, 2.45) is 11.7 Å². The van der Waals surface area contributed by atoms with E-state index in [9.17, 15) is 13.2 Å². The normalized spacial score (nSPS) is 19.8. The van der Waals surface area contributed by atoms with Crippen LogP contribution in [0, 0.1) is 5.92 Å². The van der Waals surface area contributed by atoms with Gasteiger partial charge in [0.05, 0.1) is 10.8 Å². The van der Waals surface area contributed by atoms with Gasteiger partial charge >= 0.3 is 0 Å². The summed E-state index contributed by atoms with van der Waals surface area (Å²) in [6.45, 7) is 1.36. The zero-order chi connectivity index (χ0) is 16.2. The Bertz CT molecular complexity index is 636. The highest BCUT2D eigenvalue weighted by Gasteiger charge is 2.33. The van der Waals surface area contributed by atoms with Gasteiger partial charge in [0, 0.05) is 31.2 Å². The zero-order valence-corrected chi connectivity index (χ0v) is 13.7. The van der Waals surface area contributed by atoms with E-state index in [-0.39, 0.29) is 23.3 Å². The second-order valence-corrected chi connectivity index (χ2v) is 7.61. The van der Waals surface area contributed by atoms with Gasteiger partial charge in [0.2, 0.25) is 15.9 Å². The van der Waals surface area contributed by atoms with Crippen molar-refractivity contribution in [1.29, 1.82) is 0 Å². The predicted octanol–water partition coefficient (Wildman–Crippen LogP) is 0.816. The number of piperidine rings is 1. The van der Waals surface area contributed by atoms with Crippen LogP contribution >= 0.6 is 11.6 Å². The molecule has 2 rings (SSSR count). The van der Waals surface area contributed by atoms with Gasteiger partial charge in [-0.25, -0.2) is 8.42 Å². The number of halogens is 1. The molecular weight excluding hydrogens is 326 g/mol. The van der Waals surface area contributed by atoms with E-state index in [1.165, 1.54) is 16.4 Å². The minimum absolute atomic E-state index is 0.142. The molecule has 8 heteroatoms. The summed E-state index contributed by atoms with van der Waals surface area (Å²) in [5.41, 5.74) is 5.36. The van der Waals surface area contributed by atoms with Crippen molar-refractivity contribution in [3.05, 3.63) is 29.3 Å². The fraction of sp³-hybridized carbons (Fsp3) is 0.500. The Kier molecular flexibility index (Phi) is 5.80. The average Bonchev–Trinajstić information content (AvgIpc) is 2.52. The molecule has 122 valence electrons. The minimum atomic E-state index is -3.63. The maximum atomic E-state index is 12.6. The summed E-state index contributed by atoms with van der Waals surface area (Å²) in [7, 11) is -3.63. The molecule has 0 radical (unpaired) electrons. The number of hydrogen-bond donors (Lipinski definition) is 2. The predicted molar refractivity (Wildman–Crippen MR) is 85.0 cm³/mol. The molecule has 1 unspecified atom stereocenters. The van der Waals surface area contributed by atoms with E-state index in [1.54, 1.807) is 12.1 Å². The Balaban J connectivity index is 2.13. The van der Waals surface area contributed by atoms with Crippen LogP contribution in [0.4, 0.5) is 0 Å². The summed E-state index contributed by atoms with van der Waals surface area (Å²) in [6, 6.07) is 6.17. The number of nitrogens with two attached hydrogens (primary N) is 1. The van der Waals surface area contributed by atoms with Gasteiger partial charge in [-0.1, -0.05) is 17.7 Å². The summed E-state index contributed by atoms with van der Waals surface area (Å²) < 4.78 is 26.6. The Hall–Kier alpha value is -1.15. The van der Waals surface area contributed by atoms with E-state index in [0.29, 0.717) is 37.5 Å². The summed E-state index contributed by atoms with van der Waals surface area (Å²) in [5, 5.41) is 3.09. The molecule has 1 heterocycles. The molecule has 0 bridgehead atoms. The van der Waals surface area contributed by atoms with Gasteiger partial charge < -0.3 is 11.1 Å². The van der Waals surface area contributed by atoms with Crippen LogP contribution < -0.4 is 11.1 Å². The van der Waals surface area contributed by atoms with Crippen LogP contribution in [-0.2, 0) is 14.8 Å². The smallest absolute Gasteiger partial charge is 0.243 e. The Morgan fingerprint density at radius 1 is 1.45 bits per heavy atom. The van der Waals surface area contributed by atoms with Crippen LogP contribution in [0.3, 0.4) is 0 Å². The van der Waals surface area contributed by atoms with Crippen molar-refractivity contribution < 1.29 is 13.2 Å². The lowest BCUT2D eigenvalue weighted by Gasteiger charge is -2.31. The van der Waals surface area contributed by atoms with Gasteiger partial charge in [-0.2, -0.15) is 4.31 Å². The Morgan fingerprint density at radius 3 is 2.91 bits per heavy atom. The number of nitrogens with one attached hydrogen (secondary N) is 1. The van der Waals surface area contributed by atoms with Gasteiger partial charge in [0.1, 0.15) is 0 Å². The first kappa shape index (κ1) is 17.2. The van der Waals surface area contributed by atoms with E-state index < -0.39 is 10.0 Å². The second-order valence-electron chi connectivity index (χ2n) is 5.24. The molecule has 1 aliphatic rings. The highest BCUT2D eigenvalue weighted by Crippen LogP contribution is 2.25. The zero-order valence-electron chi connectivity index (χ0n) is 12.2. The molecule has 1 aliphatic heterocycles. The molecule has 1 fully saturated rings. The summed E-state index contributed by atoms with van der Waals surface area (Å²) in [6.07, 6.45) is 1.33. The van der Waals surface area contributed by atoms with Crippen LogP contribution in [0.25, 0.3) is 0 Å². The molecular formula is C14H20ClN3O3S. The van der Waals surface area contributed by atoms with Crippen molar-refractivity contribution in [1.82, 2.24) is 9.62 Å². The number of rotatable bonds is 5. The third kappa shape index (κ3) is 3.98. The average molecular weight is 346 g/mol. The van der Waals surface area contributed by atoms with Gasteiger partial charge in [0.15, 0.2) is 0 Å². The second kappa shape index (κ2) is 7.41. The van der Waals surface area contributed by atoms with E-state index >= 15 is 0 Å². The molecule has 0 aromatic heterocycles. The lowest BCUT2D eigenvalue weighted by atomic mass is 9.99.